The van der Waals surface area contributed by atoms with Crippen molar-refractivity contribution in [1.82, 2.24) is 15.5 Å². The molecule has 0 aromatic heterocycles. The van der Waals surface area contributed by atoms with Crippen LogP contribution in [0.4, 0.5) is 0 Å². The van der Waals surface area contributed by atoms with Gasteiger partial charge < -0.3 is 15.5 Å². The molecule has 1 fully saturated rings. The van der Waals surface area contributed by atoms with Crippen molar-refractivity contribution >= 4 is 23.2 Å². The molecular weight excluding hydrogens is 342 g/mol. The van der Waals surface area contributed by atoms with Crippen molar-refractivity contribution in [2.24, 2.45) is 0 Å². The second kappa shape index (κ2) is 11.2. The van der Waals surface area contributed by atoms with E-state index in [1.54, 1.807) is 0 Å². The molecule has 0 spiro atoms. The molecule has 2 N–H and O–H groups in total. The third-order valence-electron chi connectivity index (χ3n) is 5.00. The number of thiocarbonyl (C=S) groups is 1. The van der Waals surface area contributed by atoms with Gasteiger partial charge in [-0.3, -0.25) is 4.79 Å². The summed E-state index contributed by atoms with van der Waals surface area (Å²) in [7, 11) is 0. The van der Waals surface area contributed by atoms with Gasteiger partial charge in [0.05, 0.1) is 6.54 Å². The van der Waals surface area contributed by atoms with E-state index in [2.05, 4.69) is 53.6 Å². The number of rotatable bonds is 8. The summed E-state index contributed by atoms with van der Waals surface area (Å²) < 4.78 is 0. The molecule has 1 aliphatic rings. The SMILES string of the molecule is CCCCNC(=O)CNC(=S)N(Cc1ccc(C)cc1)C1CCCCC1. The van der Waals surface area contributed by atoms with Gasteiger partial charge in [0.1, 0.15) is 0 Å². The molecule has 4 nitrogen and oxygen atoms in total. The van der Waals surface area contributed by atoms with Crippen LogP contribution >= 0.6 is 12.2 Å². The Kier molecular flexibility index (Phi) is 8.89. The van der Waals surface area contributed by atoms with Gasteiger partial charge in [0.2, 0.25) is 5.91 Å². The number of aryl methyl sites for hydroxylation is 1. The molecule has 0 unspecified atom stereocenters. The Balaban J connectivity index is 1.94. The van der Waals surface area contributed by atoms with Gasteiger partial charge in [-0.2, -0.15) is 0 Å². The van der Waals surface area contributed by atoms with Crippen LogP contribution in [-0.2, 0) is 11.3 Å². The molecule has 0 aliphatic heterocycles. The van der Waals surface area contributed by atoms with E-state index in [9.17, 15) is 4.79 Å². The minimum absolute atomic E-state index is 0.0136. The summed E-state index contributed by atoms with van der Waals surface area (Å²) in [5, 5.41) is 6.81. The van der Waals surface area contributed by atoms with E-state index >= 15 is 0 Å². The Morgan fingerprint density at radius 1 is 1.15 bits per heavy atom. The number of hydrogen-bond acceptors (Lipinski definition) is 2. The Labute approximate surface area is 163 Å². The van der Waals surface area contributed by atoms with Crippen molar-refractivity contribution in [3.8, 4) is 0 Å². The van der Waals surface area contributed by atoms with Crippen molar-refractivity contribution in [3.05, 3.63) is 35.4 Å². The fourth-order valence-corrected chi connectivity index (χ4v) is 3.66. The summed E-state index contributed by atoms with van der Waals surface area (Å²) in [5.41, 5.74) is 2.53. The van der Waals surface area contributed by atoms with Crippen LogP contribution in [0.25, 0.3) is 0 Å². The van der Waals surface area contributed by atoms with Crippen molar-refractivity contribution in [2.45, 2.75) is 71.4 Å². The van der Waals surface area contributed by atoms with Crippen molar-refractivity contribution in [2.75, 3.05) is 13.1 Å². The summed E-state index contributed by atoms with van der Waals surface area (Å²) in [6, 6.07) is 9.10. The zero-order chi connectivity index (χ0) is 18.8. The van der Waals surface area contributed by atoms with Crippen molar-refractivity contribution in [3.63, 3.8) is 0 Å². The molecule has 1 aromatic rings. The lowest BCUT2D eigenvalue weighted by Crippen LogP contribution is -2.48. The number of benzene rings is 1. The van der Waals surface area contributed by atoms with Gasteiger partial charge in [0.15, 0.2) is 5.11 Å². The molecule has 0 radical (unpaired) electrons. The van der Waals surface area contributed by atoms with E-state index < -0.39 is 0 Å². The van der Waals surface area contributed by atoms with E-state index in [1.807, 2.05) is 0 Å². The maximum atomic E-state index is 12.0. The van der Waals surface area contributed by atoms with Gasteiger partial charge >= 0.3 is 0 Å². The topological polar surface area (TPSA) is 44.4 Å². The van der Waals surface area contributed by atoms with E-state index in [0.717, 1.165) is 25.9 Å². The molecule has 5 heteroatoms. The van der Waals surface area contributed by atoms with Crippen molar-refractivity contribution < 1.29 is 4.79 Å². The fourth-order valence-electron chi connectivity index (χ4n) is 3.37. The Bertz CT molecular complexity index is 567. The first-order valence-electron chi connectivity index (χ1n) is 9.97. The molecule has 26 heavy (non-hydrogen) atoms. The summed E-state index contributed by atoms with van der Waals surface area (Å²) in [4.78, 5) is 14.3. The standard InChI is InChI=1S/C21H33N3OS/c1-3-4-14-22-20(25)15-23-21(26)24(19-8-6-5-7-9-19)16-18-12-10-17(2)11-13-18/h10-13,19H,3-9,14-16H2,1-2H3,(H,22,25)(H,23,26). The lowest BCUT2D eigenvalue weighted by molar-refractivity contribution is -0.120. The monoisotopic (exact) mass is 375 g/mol. The fraction of sp³-hybridized carbons (Fsp3) is 0.619. The summed E-state index contributed by atoms with van der Waals surface area (Å²) in [6.45, 7) is 6.01. The molecule has 0 atom stereocenters. The minimum atomic E-state index is 0.0136. The van der Waals surface area contributed by atoms with Gasteiger partial charge in [-0.15, -0.1) is 0 Å². The van der Waals surface area contributed by atoms with Crippen LogP contribution in [0.1, 0.15) is 63.0 Å². The largest absolute Gasteiger partial charge is 0.355 e. The number of nitrogens with zero attached hydrogens (tertiary/aromatic N) is 1. The van der Waals surface area contributed by atoms with E-state index in [1.165, 1.54) is 43.2 Å². The third kappa shape index (κ3) is 6.94. The van der Waals surface area contributed by atoms with E-state index in [4.69, 9.17) is 12.2 Å². The van der Waals surface area contributed by atoms with Gasteiger partial charge in [-0.25, -0.2) is 0 Å². The number of unbranched alkanes of at least 4 members (excludes halogenated alkanes) is 1. The van der Waals surface area contributed by atoms with Crippen LogP contribution in [0.3, 0.4) is 0 Å². The average molecular weight is 376 g/mol. The van der Waals surface area contributed by atoms with E-state index in [-0.39, 0.29) is 12.5 Å². The predicted molar refractivity (Wildman–Crippen MR) is 112 cm³/mol. The second-order valence-corrected chi connectivity index (χ2v) is 7.65. The highest BCUT2D eigenvalue weighted by molar-refractivity contribution is 7.80. The lowest BCUT2D eigenvalue weighted by atomic mass is 9.94. The number of carbonyl (C=O) groups is 1. The Morgan fingerprint density at radius 3 is 2.50 bits per heavy atom. The number of nitrogens with one attached hydrogen (secondary N) is 2. The molecule has 1 aliphatic carbocycles. The highest BCUT2D eigenvalue weighted by atomic mass is 32.1. The maximum absolute atomic E-state index is 12.0. The molecule has 1 amide bonds. The molecule has 144 valence electrons. The maximum Gasteiger partial charge on any atom is 0.239 e. The normalized spacial score (nSPS) is 14.7. The molecule has 1 saturated carbocycles. The van der Waals surface area contributed by atoms with Crippen LogP contribution in [-0.4, -0.2) is 35.1 Å². The summed E-state index contributed by atoms with van der Waals surface area (Å²) in [6.07, 6.45) is 8.28. The minimum Gasteiger partial charge on any atom is -0.355 e. The molecular formula is C21H33N3OS. The Morgan fingerprint density at radius 2 is 1.85 bits per heavy atom. The number of carbonyl (C=O) groups excluding carboxylic acids is 1. The van der Waals surface area contributed by atoms with Crippen LogP contribution in [0.2, 0.25) is 0 Å². The zero-order valence-corrected chi connectivity index (χ0v) is 17.0. The summed E-state index contributed by atoms with van der Waals surface area (Å²) in [5.74, 6) is 0.0136. The molecule has 0 bridgehead atoms. The van der Waals surface area contributed by atoms with Crippen LogP contribution in [0.5, 0.6) is 0 Å². The van der Waals surface area contributed by atoms with Gasteiger partial charge in [0.25, 0.3) is 0 Å². The van der Waals surface area contributed by atoms with Gasteiger partial charge in [-0.05, 0) is 44.0 Å². The number of amides is 1. The van der Waals surface area contributed by atoms with Crippen LogP contribution < -0.4 is 10.6 Å². The Hall–Kier alpha value is -1.62. The van der Waals surface area contributed by atoms with Crippen molar-refractivity contribution in [1.29, 1.82) is 0 Å². The van der Waals surface area contributed by atoms with Gasteiger partial charge in [-0.1, -0.05) is 62.4 Å². The molecule has 1 aromatic carbocycles. The first-order valence-corrected chi connectivity index (χ1v) is 10.4. The molecule has 0 heterocycles. The van der Waals surface area contributed by atoms with Crippen LogP contribution in [0, 0.1) is 6.92 Å². The average Bonchev–Trinajstić information content (AvgIpc) is 2.66. The summed E-state index contributed by atoms with van der Waals surface area (Å²) >= 11 is 5.67. The number of hydrogen-bond donors (Lipinski definition) is 2. The molecule has 0 saturated heterocycles. The molecule has 2 rings (SSSR count). The quantitative estimate of drug-likeness (QED) is 0.534. The van der Waals surface area contributed by atoms with Gasteiger partial charge in [0, 0.05) is 19.1 Å². The first-order chi connectivity index (χ1) is 12.6. The van der Waals surface area contributed by atoms with Crippen LogP contribution in [0.15, 0.2) is 24.3 Å². The highest BCUT2D eigenvalue weighted by Crippen LogP contribution is 2.24. The van der Waals surface area contributed by atoms with E-state index in [0.29, 0.717) is 11.2 Å². The predicted octanol–water partition coefficient (Wildman–Crippen LogP) is 3.92. The first kappa shape index (κ1) is 20.7. The smallest absolute Gasteiger partial charge is 0.239 e. The third-order valence-corrected chi connectivity index (χ3v) is 5.38. The zero-order valence-electron chi connectivity index (χ0n) is 16.2. The second-order valence-electron chi connectivity index (χ2n) is 7.27. The lowest BCUT2D eigenvalue weighted by Gasteiger charge is -2.36. The highest BCUT2D eigenvalue weighted by Gasteiger charge is 2.23.